The molecule has 0 radical (unpaired) electrons. The van der Waals surface area contributed by atoms with Gasteiger partial charge in [0.15, 0.2) is 11.6 Å². The molecule has 0 saturated heterocycles. The molecule has 154 valence electrons. The minimum atomic E-state index is -0.00186. The zero-order valence-electron chi connectivity index (χ0n) is 16.8. The van der Waals surface area contributed by atoms with Crippen molar-refractivity contribution in [3.8, 4) is 0 Å². The third-order valence-corrected chi connectivity index (χ3v) is 4.32. The number of halogens is 1. The van der Waals surface area contributed by atoms with Gasteiger partial charge in [0.05, 0.1) is 0 Å². The molecule has 0 aliphatic heterocycles. The fraction of sp³-hybridized carbons (Fsp3) is 0.300. The summed E-state index contributed by atoms with van der Waals surface area (Å²) >= 11 is 0. The van der Waals surface area contributed by atoms with Crippen molar-refractivity contribution in [2.24, 2.45) is 4.99 Å². The lowest BCUT2D eigenvalue weighted by Gasteiger charge is -2.13. The molecule has 0 unspecified atom stereocenters. The predicted octanol–water partition coefficient (Wildman–Crippen LogP) is 1.96. The van der Waals surface area contributed by atoms with E-state index in [1.54, 1.807) is 26.0 Å². The smallest absolute Gasteiger partial charge is 0.253 e. The Hall–Kier alpha value is -2.69. The summed E-state index contributed by atoms with van der Waals surface area (Å²) in [6.07, 6.45) is 2.69. The monoisotopic (exact) mass is 507 g/mol. The number of nitrogens with zero attached hydrogens (tertiary/aromatic N) is 5. The van der Waals surface area contributed by atoms with Crippen LogP contribution in [0.5, 0.6) is 0 Å². The molecule has 8 nitrogen and oxygen atoms in total. The average molecular weight is 507 g/mol. The molecular weight excluding hydrogens is 481 g/mol. The van der Waals surface area contributed by atoms with Crippen molar-refractivity contribution in [1.29, 1.82) is 0 Å². The number of fused-ring (bicyclic) bond motifs is 1. The van der Waals surface area contributed by atoms with Crippen LogP contribution in [0.1, 0.15) is 21.7 Å². The van der Waals surface area contributed by atoms with E-state index in [1.807, 2.05) is 53.1 Å². The van der Waals surface area contributed by atoms with Gasteiger partial charge in [0.2, 0.25) is 0 Å². The molecule has 0 bridgehead atoms. The minimum absolute atomic E-state index is 0. The summed E-state index contributed by atoms with van der Waals surface area (Å²) in [5, 5.41) is 14.9. The molecule has 0 aliphatic carbocycles. The zero-order chi connectivity index (χ0) is 19.9. The number of amides is 1. The number of benzene rings is 1. The van der Waals surface area contributed by atoms with Crippen LogP contribution in [0.4, 0.5) is 0 Å². The summed E-state index contributed by atoms with van der Waals surface area (Å²) in [5.74, 6) is 1.61. The van der Waals surface area contributed by atoms with Gasteiger partial charge in [0.1, 0.15) is 5.82 Å². The van der Waals surface area contributed by atoms with Crippen LogP contribution in [0.2, 0.25) is 0 Å². The predicted molar refractivity (Wildman–Crippen MR) is 125 cm³/mol. The highest BCUT2D eigenvalue weighted by Crippen LogP contribution is 2.06. The molecule has 0 aliphatic rings. The van der Waals surface area contributed by atoms with Crippen molar-refractivity contribution in [2.75, 3.05) is 27.7 Å². The number of pyridine rings is 1. The number of hydrogen-bond acceptors (Lipinski definition) is 4. The molecule has 1 amide bonds. The molecule has 29 heavy (non-hydrogen) atoms. The van der Waals surface area contributed by atoms with Gasteiger partial charge in [0.25, 0.3) is 5.91 Å². The molecule has 2 N–H and O–H groups in total. The molecule has 0 spiro atoms. The standard InChI is InChI=1S/C20H25N7O.HI/c1-21-20(22-12-11-18-25-24-17-6-4-5-13-27(17)18)23-14-15-7-9-16(10-8-15)19(28)26(2)3;/h4-10,13H,11-12,14H2,1-3H3,(H2,21,22,23);1H. The SMILES string of the molecule is CN=C(NCCc1nnc2ccccn12)NCc1ccc(C(=O)N(C)C)cc1.I. The van der Waals surface area contributed by atoms with E-state index in [0.717, 1.165) is 23.5 Å². The minimum Gasteiger partial charge on any atom is -0.356 e. The van der Waals surface area contributed by atoms with Gasteiger partial charge in [-0.1, -0.05) is 18.2 Å². The summed E-state index contributed by atoms with van der Waals surface area (Å²) in [5.41, 5.74) is 2.59. The lowest BCUT2D eigenvalue weighted by atomic mass is 10.1. The summed E-state index contributed by atoms with van der Waals surface area (Å²) < 4.78 is 1.98. The number of aliphatic imine (C=N–C) groups is 1. The lowest BCUT2D eigenvalue weighted by Crippen LogP contribution is -2.38. The number of aromatic nitrogens is 3. The van der Waals surface area contributed by atoms with Gasteiger partial charge >= 0.3 is 0 Å². The largest absolute Gasteiger partial charge is 0.356 e. The van der Waals surface area contributed by atoms with Crippen LogP contribution < -0.4 is 10.6 Å². The van der Waals surface area contributed by atoms with Gasteiger partial charge in [-0.2, -0.15) is 0 Å². The molecule has 9 heteroatoms. The second-order valence-electron chi connectivity index (χ2n) is 6.54. The van der Waals surface area contributed by atoms with Crippen molar-refractivity contribution in [2.45, 2.75) is 13.0 Å². The van der Waals surface area contributed by atoms with E-state index in [0.29, 0.717) is 24.6 Å². The molecule has 0 saturated carbocycles. The van der Waals surface area contributed by atoms with Crippen molar-refractivity contribution in [1.82, 2.24) is 30.1 Å². The maximum atomic E-state index is 11.9. The van der Waals surface area contributed by atoms with Gasteiger partial charge in [0, 0.05) is 52.4 Å². The summed E-state index contributed by atoms with van der Waals surface area (Å²) in [6.45, 7) is 1.30. The second-order valence-corrected chi connectivity index (χ2v) is 6.54. The maximum Gasteiger partial charge on any atom is 0.253 e. The van der Waals surface area contributed by atoms with Crippen LogP contribution >= 0.6 is 24.0 Å². The Balaban J connectivity index is 0.00000300. The second kappa shape index (κ2) is 10.7. The highest BCUT2D eigenvalue weighted by atomic mass is 127. The fourth-order valence-corrected chi connectivity index (χ4v) is 2.78. The van der Waals surface area contributed by atoms with E-state index in [9.17, 15) is 4.79 Å². The van der Waals surface area contributed by atoms with Crippen LogP contribution in [0.25, 0.3) is 5.65 Å². The highest BCUT2D eigenvalue weighted by Gasteiger charge is 2.08. The first kappa shape index (κ1) is 22.6. The van der Waals surface area contributed by atoms with Crippen LogP contribution in [-0.4, -0.2) is 59.1 Å². The normalized spacial score (nSPS) is 11.1. The van der Waals surface area contributed by atoms with Gasteiger partial charge in [-0.3, -0.25) is 14.2 Å². The topological polar surface area (TPSA) is 86.9 Å². The lowest BCUT2D eigenvalue weighted by molar-refractivity contribution is 0.0827. The number of guanidine groups is 1. The van der Waals surface area contributed by atoms with E-state index in [2.05, 4.69) is 25.8 Å². The number of nitrogens with one attached hydrogen (secondary N) is 2. The van der Waals surface area contributed by atoms with E-state index < -0.39 is 0 Å². The Morgan fingerprint density at radius 2 is 1.86 bits per heavy atom. The van der Waals surface area contributed by atoms with E-state index in [4.69, 9.17) is 0 Å². The van der Waals surface area contributed by atoms with Crippen LogP contribution in [0, 0.1) is 0 Å². The fourth-order valence-electron chi connectivity index (χ4n) is 2.78. The molecule has 0 fully saturated rings. The Morgan fingerprint density at radius 1 is 1.10 bits per heavy atom. The Morgan fingerprint density at radius 3 is 2.55 bits per heavy atom. The van der Waals surface area contributed by atoms with E-state index in [-0.39, 0.29) is 29.9 Å². The third kappa shape index (κ3) is 5.89. The number of rotatable bonds is 6. The van der Waals surface area contributed by atoms with E-state index >= 15 is 0 Å². The first-order chi connectivity index (χ1) is 13.6. The molecule has 3 rings (SSSR count). The maximum absolute atomic E-state index is 11.9. The Labute approximate surface area is 187 Å². The van der Waals surface area contributed by atoms with Crippen molar-refractivity contribution in [3.05, 3.63) is 65.6 Å². The van der Waals surface area contributed by atoms with Crippen molar-refractivity contribution >= 4 is 41.5 Å². The van der Waals surface area contributed by atoms with Crippen molar-refractivity contribution < 1.29 is 4.79 Å². The number of carbonyl (C=O) groups excluding carboxylic acids is 1. The van der Waals surface area contributed by atoms with E-state index in [1.165, 1.54) is 0 Å². The van der Waals surface area contributed by atoms with Gasteiger partial charge in [-0.25, -0.2) is 0 Å². The molecule has 0 atom stereocenters. The van der Waals surface area contributed by atoms with Gasteiger partial charge < -0.3 is 15.5 Å². The quantitative estimate of drug-likeness (QED) is 0.303. The average Bonchev–Trinajstić information content (AvgIpc) is 3.13. The Kier molecular flexibility index (Phi) is 8.37. The van der Waals surface area contributed by atoms with Gasteiger partial charge in [-0.05, 0) is 29.8 Å². The highest BCUT2D eigenvalue weighted by molar-refractivity contribution is 14.0. The molecule has 2 aromatic heterocycles. The number of hydrogen-bond donors (Lipinski definition) is 2. The first-order valence-electron chi connectivity index (χ1n) is 9.12. The number of carbonyl (C=O) groups is 1. The molecule has 2 heterocycles. The zero-order valence-corrected chi connectivity index (χ0v) is 19.1. The summed E-state index contributed by atoms with van der Waals surface area (Å²) in [7, 11) is 5.23. The molecule has 3 aromatic rings. The van der Waals surface area contributed by atoms with Crippen LogP contribution in [0.15, 0.2) is 53.7 Å². The van der Waals surface area contributed by atoms with Crippen molar-refractivity contribution in [3.63, 3.8) is 0 Å². The van der Waals surface area contributed by atoms with Crippen LogP contribution in [0.3, 0.4) is 0 Å². The third-order valence-electron chi connectivity index (χ3n) is 4.32. The first-order valence-corrected chi connectivity index (χ1v) is 9.12. The van der Waals surface area contributed by atoms with Gasteiger partial charge in [-0.15, -0.1) is 34.2 Å². The molecule has 1 aromatic carbocycles. The van der Waals surface area contributed by atoms with Crippen LogP contribution in [-0.2, 0) is 13.0 Å². The summed E-state index contributed by atoms with van der Waals surface area (Å²) in [6, 6.07) is 13.4. The molecular formula is C20H26IN7O. The Bertz CT molecular complexity index is 966. The summed E-state index contributed by atoms with van der Waals surface area (Å²) in [4.78, 5) is 17.7.